The highest BCUT2D eigenvalue weighted by molar-refractivity contribution is 7.13. The number of para-hydroxylation sites is 1. The van der Waals surface area contributed by atoms with E-state index in [1.54, 1.807) is 17.5 Å². The summed E-state index contributed by atoms with van der Waals surface area (Å²) >= 11 is 1.58. The van der Waals surface area contributed by atoms with E-state index in [9.17, 15) is 10.4 Å². The quantitative estimate of drug-likeness (QED) is 0.349. The van der Waals surface area contributed by atoms with Crippen LogP contribution in [0.5, 0.6) is 0 Å². The average Bonchev–Trinajstić information content (AvgIpc) is 3.49. The van der Waals surface area contributed by atoms with Gasteiger partial charge in [-0.1, -0.05) is 45.0 Å². The number of fused-ring (bicyclic) bond motifs is 2. The predicted molar refractivity (Wildman–Crippen MR) is 128 cm³/mol. The normalized spacial score (nSPS) is 13.0. The summed E-state index contributed by atoms with van der Waals surface area (Å²) in [5, 5.41) is 25.1. The van der Waals surface area contributed by atoms with Crippen molar-refractivity contribution in [1.82, 2.24) is 9.55 Å². The molecule has 32 heavy (non-hydrogen) atoms. The number of nitriles is 1. The van der Waals surface area contributed by atoms with E-state index in [2.05, 4.69) is 32.2 Å². The Kier molecular flexibility index (Phi) is 4.89. The fourth-order valence-corrected chi connectivity index (χ4v) is 4.88. The molecule has 1 atom stereocenters. The van der Waals surface area contributed by atoms with Crippen molar-refractivity contribution in [2.45, 2.75) is 38.8 Å². The van der Waals surface area contributed by atoms with Gasteiger partial charge in [-0.25, -0.2) is 4.98 Å². The van der Waals surface area contributed by atoms with Crippen molar-refractivity contribution in [2.75, 3.05) is 0 Å². The van der Waals surface area contributed by atoms with Crippen molar-refractivity contribution in [3.63, 3.8) is 0 Å². The molecule has 0 aliphatic heterocycles. The minimum atomic E-state index is -0.715. The zero-order valence-corrected chi connectivity index (χ0v) is 19.0. The number of aliphatic hydroxyl groups excluding tert-OH is 1. The van der Waals surface area contributed by atoms with Gasteiger partial charge in [0.1, 0.15) is 11.7 Å². The molecule has 0 aliphatic carbocycles. The second-order valence-electron chi connectivity index (χ2n) is 9.04. The van der Waals surface area contributed by atoms with Crippen LogP contribution in [-0.4, -0.2) is 14.7 Å². The molecule has 0 bridgehead atoms. The summed E-state index contributed by atoms with van der Waals surface area (Å²) in [5.41, 5.74) is 4.16. The fourth-order valence-electron chi connectivity index (χ4n) is 3.88. The first-order valence-electron chi connectivity index (χ1n) is 10.5. The minimum absolute atomic E-state index is 0.00784. The van der Waals surface area contributed by atoms with Crippen molar-refractivity contribution in [1.29, 1.82) is 5.26 Å². The number of aliphatic hydroxyl groups is 1. The summed E-state index contributed by atoms with van der Waals surface area (Å²) in [4.78, 5) is 4.75. The highest BCUT2D eigenvalue weighted by Gasteiger charge is 2.20. The summed E-state index contributed by atoms with van der Waals surface area (Å²) in [5.74, 6) is 0.738. The van der Waals surface area contributed by atoms with Crippen LogP contribution in [0.15, 0.2) is 64.5 Å². The lowest BCUT2D eigenvalue weighted by Gasteiger charge is -2.13. The van der Waals surface area contributed by atoms with Crippen LogP contribution < -0.4 is 0 Å². The summed E-state index contributed by atoms with van der Waals surface area (Å²) in [7, 11) is 0. The molecule has 0 spiro atoms. The first kappa shape index (κ1) is 20.5. The maximum absolute atomic E-state index is 10.9. The van der Waals surface area contributed by atoms with Crippen LogP contribution in [0, 0.1) is 11.3 Å². The molecule has 2 aromatic carbocycles. The molecule has 0 saturated heterocycles. The van der Waals surface area contributed by atoms with Gasteiger partial charge in [-0.05, 0) is 29.8 Å². The third-order valence-electron chi connectivity index (χ3n) is 5.69. The molecule has 0 radical (unpaired) electrons. The van der Waals surface area contributed by atoms with Crippen LogP contribution in [0.1, 0.15) is 43.7 Å². The zero-order valence-electron chi connectivity index (χ0n) is 18.2. The molecule has 5 rings (SSSR count). The number of hydrogen-bond donors (Lipinski definition) is 1. The molecular weight excluding hydrogens is 418 g/mol. The number of aromatic nitrogens is 2. The van der Waals surface area contributed by atoms with Crippen molar-refractivity contribution in [2.24, 2.45) is 0 Å². The molecule has 0 saturated carbocycles. The largest absolute Gasteiger partial charge is 0.454 e. The Hall–Kier alpha value is -3.40. The Bertz CT molecular complexity index is 1480. The molecule has 0 aliphatic rings. The molecule has 5 nitrogen and oxygen atoms in total. The van der Waals surface area contributed by atoms with Gasteiger partial charge in [0, 0.05) is 33.3 Å². The monoisotopic (exact) mass is 441 g/mol. The van der Waals surface area contributed by atoms with Gasteiger partial charge in [0.25, 0.3) is 0 Å². The van der Waals surface area contributed by atoms with E-state index in [-0.39, 0.29) is 5.41 Å². The van der Waals surface area contributed by atoms with E-state index in [0.717, 1.165) is 43.9 Å². The molecule has 0 fully saturated rings. The third kappa shape index (κ3) is 3.60. The van der Waals surface area contributed by atoms with Crippen LogP contribution in [0.25, 0.3) is 32.6 Å². The van der Waals surface area contributed by atoms with Crippen molar-refractivity contribution in [3.05, 3.63) is 76.9 Å². The predicted octanol–water partition coefficient (Wildman–Crippen LogP) is 6.41. The first-order valence-corrected chi connectivity index (χ1v) is 11.4. The standard InChI is InChI=1S/C26H23N3O2S/c1-26(2,3)24-15-32-25(28-24)23-11-17-10-16(8-9-22(17)31-23)21(30)14-29-13-18(12-27)19-6-4-5-7-20(19)29/h4-11,13,15,21,30H,14H2,1-3H3. The van der Waals surface area contributed by atoms with E-state index >= 15 is 0 Å². The Morgan fingerprint density at radius 2 is 2.00 bits per heavy atom. The SMILES string of the molecule is CC(C)(C)c1csc(-c2cc3cc(C(O)Cn4cc(C#N)c5ccccc54)ccc3o2)n1. The van der Waals surface area contributed by atoms with E-state index in [1.165, 1.54) is 0 Å². The van der Waals surface area contributed by atoms with Crippen LogP contribution >= 0.6 is 11.3 Å². The lowest BCUT2D eigenvalue weighted by molar-refractivity contribution is 0.158. The van der Waals surface area contributed by atoms with E-state index in [0.29, 0.717) is 12.1 Å². The van der Waals surface area contributed by atoms with Crippen LogP contribution in [0.3, 0.4) is 0 Å². The summed E-state index contributed by atoms with van der Waals surface area (Å²) in [6, 6.07) is 17.7. The third-order valence-corrected chi connectivity index (χ3v) is 6.54. The van der Waals surface area contributed by atoms with Gasteiger partial charge in [-0.3, -0.25) is 0 Å². The highest BCUT2D eigenvalue weighted by Crippen LogP contribution is 2.34. The molecule has 1 N–H and O–H groups in total. The lowest BCUT2D eigenvalue weighted by atomic mass is 9.93. The highest BCUT2D eigenvalue weighted by atomic mass is 32.1. The van der Waals surface area contributed by atoms with E-state index < -0.39 is 6.10 Å². The second kappa shape index (κ2) is 7.63. The number of nitrogens with zero attached hydrogens (tertiary/aromatic N) is 3. The van der Waals surface area contributed by atoms with Crippen molar-refractivity contribution in [3.8, 4) is 16.8 Å². The van der Waals surface area contributed by atoms with Gasteiger partial charge in [0.05, 0.1) is 23.9 Å². The molecule has 1 unspecified atom stereocenters. The number of thiazole rings is 1. The lowest BCUT2D eigenvalue weighted by Crippen LogP contribution is -2.11. The van der Waals surface area contributed by atoms with Crippen LogP contribution in [-0.2, 0) is 12.0 Å². The van der Waals surface area contributed by atoms with Gasteiger partial charge in [0.15, 0.2) is 10.8 Å². The first-order chi connectivity index (χ1) is 15.3. The van der Waals surface area contributed by atoms with Gasteiger partial charge >= 0.3 is 0 Å². The van der Waals surface area contributed by atoms with Crippen molar-refractivity contribution < 1.29 is 9.52 Å². The number of furan rings is 1. The van der Waals surface area contributed by atoms with Gasteiger partial charge in [-0.2, -0.15) is 5.26 Å². The summed E-state index contributed by atoms with van der Waals surface area (Å²) in [6.45, 7) is 6.79. The van der Waals surface area contributed by atoms with Crippen LogP contribution in [0.2, 0.25) is 0 Å². The van der Waals surface area contributed by atoms with Crippen molar-refractivity contribution >= 4 is 33.2 Å². The number of rotatable bonds is 4. The van der Waals surface area contributed by atoms with Gasteiger partial charge in [-0.15, -0.1) is 11.3 Å². The zero-order chi connectivity index (χ0) is 22.5. The number of hydrogen-bond acceptors (Lipinski definition) is 5. The maximum Gasteiger partial charge on any atom is 0.164 e. The van der Waals surface area contributed by atoms with E-state index in [1.807, 2.05) is 53.1 Å². The summed E-state index contributed by atoms with van der Waals surface area (Å²) < 4.78 is 7.97. The topological polar surface area (TPSA) is 75.0 Å². The Labute approximate surface area is 190 Å². The second-order valence-corrected chi connectivity index (χ2v) is 9.89. The van der Waals surface area contributed by atoms with E-state index in [4.69, 9.17) is 9.40 Å². The van der Waals surface area contributed by atoms with Gasteiger partial charge < -0.3 is 14.1 Å². The summed E-state index contributed by atoms with van der Waals surface area (Å²) in [6.07, 6.45) is 1.09. The Morgan fingerprint density at radius 3 is 2.75 bits per heavy atom. The molecule has 160 valence electrons. The molecule has 3 aromatic heterocycles. The molecule has 5 aromatic rings. The van der Waals surface area contributed by atoms with Crippen LogP contribution in [0.4, 0.5) is 0 Å². The fraction of sp³-hybridized carbons (Fsp3) is 0.231. The maximum atomic E-state index is 10.9. The smallest absolute Gasteiger partial charge is 0.164 e. The molecule has 0 amide bonds. The molecular formula is C26H23N3O2S. The molecule has 6 heteroatoms. The Morgan fingerprint density at radius 1 is 1.19 bits per heavy atom. The molecule has 3 heterocycles. The Balaban J connectivity index is 1.44. The minimum Gasteiger partial charge on any atom is -0.454 e. The number of benzene rings is 2. The van der Waals surface area contributed by atoms with Gasteiger partial charge in [0.2, 0.25) is 0 Å². The average molecular weight is 442 g/mol.